The number of hydrogen-bond donors (Lipinski definition) is 0. The van der Waals surface area contributed by atoms with Crippen LogP contribution in [0.5, 0.6) is 0 Å². The van der Waals surface area contributed by atoms with Crippen LogP contribution in [-0.4, -0.2) is 13.1 Å². The molecule has 0 bridgehead atoms. The summed E-state index contributed by atoms with van der Waals surface area (Å²) in [6, 6.07) is 7.62. The number of benzene rings is 1. The topological polar surface area (TPSA) is 26.3 Å². The number of allylic oxidation sites excluding steroid dienone is 1. The normalized spacial score (nSPS) is 11.0. The van der Waals surface area contributed by atoms with Gasteiger partial charge < -0.3 is 4.74 Å². The molecule has 0 unspecified atom stereocenters. The highest BCUT2D eigenvalue weighted by atomic mass is 16.5. The van der Waals surface area contributed by atoms with Crippen molar-refractivity contribution in [3.63, 3.8) is 0 Å². The second-order valence-electron chi connectivity index (χ2n) is 3.35. The molecule has 0 heterocycles. The summed E-state index contributed by atoms with van der Waals surface area (Å²) in [4.78, 5) is 11.5. The van der Waals surface area contributed by atoms with Gasteiger partial charge in [-0.2, -0.15) is 0 Å². The molecule has 0 atom stereocenters. The van der Waals surface area contributed by atoms with E-state index in [0.717, 1.165) is 11.1 Å². The lowest BCUT2D eigenvalue weighted by atomic mass is 10.0. The summed E-state index contributed by atoms with van der Waals surface area (Å²) in [5.41, 5.74) is 2.38. The number of hydrogen-bond acceptors (Lipinski definition) is 2. The molecule has 0 saturated heterocycles. The van der Waals surface area contributed by atoms with Gasteiger partial charge in [-0.3, -0.25) is 0 Å². The molecule has 0 spiro atoms. The second kappa shape index (κ2) is 5.91. The first-order valence-electron chi connectivity index (χ1n) is 4.99. The van der Waals surface area contributed by atoms with E-state index >= 15 is 0 Å². The number of methoxy groups -OCH3 is 1. The highest BCUT2D eigenvalue weighted by molar-refractivity contribution is 5.94. The van der Waals surface area contributed by atoms with Crippen LogP contribution in [0.3, 0.4) is 0 Å². The minimum absolute atomic E-state index is 0.330. The highest BCUT2D eigenvalue weighted by Crippen LogP contribution is 2.15. The maximum absolute atomic E-state index is 11.5. The summed E-state index contributed by atoms with van der Waals surface area (Å²) in [6.45, 7) is 7.51. The Balaban J connectivity index is 3.07. The molecule has 0 N–H and O–H groups in total. The second-order valence-corrected chi connectivity index (χ2v) is 3.35. The Labute approximate surface area is 96.2 Å². The van der Waals surface area contributed by atoms with Crippen LogP contribution in [0.2, 0.25) is 0 Å². The molecule has 0 aliphatic heterocycles. The fraction of sp³-hybridized carbons (Fsp3) is 0.143. The lowest BCUT2D eigenvalue weighted by Crippen LogP contribution is -2.04. The summed E-state index contributed by atoms with van der Waals surface area (Å²) in [6.07, 6.45) is 3.95. The van der Waals surface area contributed by atoms with Crippen molar-refractivity contribution in [1.82, 2.24) is 0 Å². The van der Waals surface area contributed by atoms with E-state index in [2.05, 4.69) is 13.5 Å². The predicted octanol–water partition coefficient (Wildman–Crippen LogP) is 3.00. The summed E-state index contributed by atoms with van der Waals surface area (Å²) >= 11 is 0. The zero-order valence-corrected chi connectivity index (χ0v) is 9.40. The molecule has 0 fully saturated rings. The maximum atomic E-state index is 11.5. The van der Waals surface area contributed by atoms with Crippen LogP contribution in [0.1, 0.15) is 17.5 Å². The molecule has 0 aromatic heterocycles. The Hall–Kier alpha value is -1.83. The van der Waals surface area contributed by atoms with Crippen LogP contribution >= 0.6 is 0 Å². The lowest BCUT2D eigenvalue weighted by molar-refractivity contribution is -0.136. The van der Waals surface area contributed by atoms with Crippen molar-refractivity contribution in [3.05, 3.63) is 60.5 Å². The van der Waals surface area contributed by atoms with E-state index in [1.807, 2.05) is 24.3 Å². The number of rotatable bonds is 4. The number of carbonyl (C=O) groups excluding carboxylic acids is 1. The number of carbonyl (C=O) groups is 1. The monoisotopic (exact) mass is 215 g/mol. The van der Waals surface area contributed by atoms with Gasteiger partial charge in [-0.1, -0.05) is 30.3 Å². The smallest absolute Gasteiger partial charge is 0.334 e. The van der Waals surface area contributed by atoms with E-state index in [-0.39, 0.29) is 5.97 Å². The van der Waals surface area contributed by atoms with E-state index in [9.17, 15) is 4.79 Å². The number of esters is 1. The maximum Gasteiger partial charge on any atom is 0.334 e. The van der Waals surface area contributed by atoms with Gasteiger partial charge in [-0.25, -0.2) is 4.79 Å². The molecule has 2 heteroatoms. The van der Waals surface area contributed by atoms with Gasteiger partial charge in [0, 0.05) is 5.57 Å². The van der Waals surface area contributed by atoms with Crippen LogP contribution in [0.25, 0.3) is 6.08 Å². The standard InChI is InChI=1S/C14H15O2/c1-4-7-13(14(15)16-3)10-12-9-6-5-8-11(12)2/h4-6,8-10H,1-2,7H2,3H3/b13-10+. The third-order valence-electron chi connectivity index (χ3n) is 2.20. The molecule has 1 aromatic carbocycles. The van der Waals surface area contributed by atoms with Crippen molar-refractivity contribution in [1.29, 1.82) is 0 Å². The molecule has 83 valence electrons. The molecule has 2 nitrogen and oxygen atoms in total. The van der Waals surface area contributed by atoms with E-state index in [1.54, 1.807) is 12.2 Å². The van der Waals surface area contributed by atoms with Gasteiger partial charge in [-0.05, 0) is 30.5 Å². The molecular formula is C14H15O2. The van der Waals surface area contributed by atoms with Gasteiger partial charge in [0.25, 0.3) is 0 Å². The van der Waals surface area contributed by atoms with E-state index < -0.39 is 0 Å². The minimum Gasteiger partial charge on any atom is -0.466 e. The van der Waals surface area contributed by atoms with Gasteiger partial charge in [0.1, 0.15) is 0 Å². The quantitative estimate of drug-likeness (QED) is 0.438. The van der Waals surface area contributed by atoms with E-state index in [0.29, 0.717) is 12.0 Å². The van der Waals surface area contributed by atoms with Gasteiger partial charge in [0.05, 0.1) is 7.11 Å². The van der Waals surface area contributed by atoms with Crippen molar-refractivity contribution in [2.75, 3.05) is 7.11 Å². The molecule has 0 amide bonds. The summed E-state index contributed by atoms with van der Waals surface area (Å²) < 4.78 is 4.70. The van der Waals surface area contributed by atoms with Crippen molar-refractivity contribution in [3.8, 4) is 0 Å². The summed E-state index contributed by atoms with van der Waals surface area (Å²) in [5, 5.41) is 0. The fourth-order valence-corrected chi connectivity index (χ4v) is 1.35. The first-order valence-corrected chi connectivity index (χ1v) is 4.99. The minimum atomic E-state index is -0.330. The first kappa shape index (κ1) is 12.2. The van der Waals surface area contributed by atoms with Crippen LogP contribution in [-0.2, 0) is 9.53 Å². The molecule has 16 heavy (non-hydrogen) atoms. The third kappa shape index (κ3) is 3.09. The Morgan fingerprint density at radius 3 is 2.69 bits per heavy atom. The zero-order chi connectivity index (χ0) is 12.0. The predicted molar refractivity (Wildman–Crippen MR) is 65.7 cm³/mol. The van der Waals surface area contributed by atoms with Gasteiger partial charge in [0.15, 0.2) is 0 Å². The van der Waals surface area contributed by atoms with Crippen molar-refractivity contribution in [2.45, 2.75) is 6.42 Å². The number of ether oxygens (including phenoxy) is 1. The lowest BCUT2D eigenvalue weighted by Gasteiger charge is -2.04. The Morgan fingerprint density at radius 1 is 1.44 bits per heavy atom. The van der Waals surface area contributed by atoms with Crippen LogP contribution in [0.4, 0.5) is 0 Å². The molecule has 0 aliphatic carbocycles. The van der Waals surface area contributed by atoms with Crippen molar-refractivity contribution in [2.24, 2.45) is 0 Å². The molecule has 1 radical (unpaired) electrons. The summed E-state index contributed by atoms with van der Waals surface area (Å²) in [5.74, 6) is -0.330. The van der Waals surface area contributed by atoms with Gasteiger partial charge in [0.2, 0.25) is 0 Å². The first-order chi connectivity index (χ1) is 7.69. The SMILES string of the molecule is [CH2]c1ccccc1/C=C(\CC=C)C(=O)OC. The summed E-state index contributed by atoms with van der Waals surface area (Å²) in [7, 11) is 1.37. The van der Waals surface area contributed by atoms with Crippen LogP contribution in [0.15, 0.2) is 42.5 Å². The van der Waals surface area contributed by atoms with Crippen molar-refractivity contribution < 1.29 is 9.53 Å². The Morgan fingerprint density at radius 2 is 2.12 bits per heavy atom. The fourth-order valence-electron chi connectivity index (χ4n) is 1.35. The Bertz CT molecular complexity index is 416. The van der Waals surface area contributed by atoms with E-state index in [4.69, 9.17) is 4.74 Å². The van der Waals surface area contributed by atoms with Gasteiger partial charge in [-0.15, -0.1) is 6.58 Å². The molecule has 0 aliphatic rings. The van der Waals surface area contributed by atoms with Crippen LogP contribution < -0.4 is 0 Å². The van der Waals surface area contributed by atoms with Gasteiger partial charge >= 0.3 is 5.97 Å². The zero-order valence-electron chi connectivity index (χ0n) is 9.40. The molecular weight excluding hydrogens is 200 g/mol. The largest absolute Gasteiger partial charge is 0.466 e. The molecule has 1 aromatic rings. The average Bonchev–Trinajstić information content (AvgIpc) is 2.30. The third-order valence-corrected chi connectivity index (χ3v) is 2.20. The molecule has 0 saturated carbocycles. The average molecular weight is 215 g/mol. The van der Waals surface area contributed by atoms with E-state index in [1.165, 1.54) is 7.11 Å². The molecule has 1 rings (SSSR count). The Kier molecular flexibility index (Phi) is 4.52. The van der Waals surface area contributed by atoms with Crippen molar-refractivity contribution >= 4 is 12.0 Å². The van der Waals surface area contributed by atoms with Crippen LogP contribution in [0, 0.1) is 6.92 Å². The highest BCUT2D eigenvalue weighted by Gasteiger charge is 2.08.